The average Bonchev–Trinajstić information content (AvgIpc) is 2.80. The predicted molar refractivity (Wildman–Crippen MR) is 81.9 cm³/mol. The third-order valence-electron chi connectivity index (χ3n) is 3.65. The number of hydrogen-bond acceptors (Lipinski definition) is 6. The van der Waals surface area contributed by atoms with Crippen LogP contribution in [0.2, 0.25) is 0 Å². The monoisotopic (exact) mass is 301 g/mol. The smallest absolute Gasteiger partial charge is 0.277 e. The van der Waals surface area contributed by atoms with E-state index in [0.717, 1.165) is 19.0 Å². The van der Waals surface area contributed by atoms with Crippen LogP contribution in [0.15, 0.2) is 23.0 Å². The minimum Gasteiger partial charge on any atom is -0.361 e. The number of rotatable bonds is 3. The Bertz CT molecular complexity index is 630. The first-order valence-corrected chi connectivity index (χ1v) is 7.54. The van der Waals surface area contributed by atoms with E-state index in [1.54, 1.807) is 25.4 Å². The number of aryl methyl sites for hydroxylation is 1. The number of amides is 1. The molecule has 3 heterocycles. The van der Waals surface area contributed by atoms with Gasteiger partial charge in [0, 0.05) is 19.2 Å². The Labute approximate surface area is 128 Å². The SMILES string of the molecule is Cc1cc(C(=O)Nc2cnc(N3CCCCCC3)nc2)no1. The summed E-state index contributed by atoms with van der Waals surface area (Å²) < 4.78 is 4.88. The lowest BCUT2D eigenvalue weighted by atomic mass is 10.2. The summed E-state index contributed by atoms with van der Waals surface area (Å²) in [7, 11) is 0. The van der Waals surface area contributed by atoms with Gasteiger partial charge >= 0.3 is 0 Å². The highest BCUT2D eigenvalue weighted by atomic mass is 16.5. The molecule has 2 aromatic heterocycles. The molecule has 3 rings (SSSR count). The molecule has 7 nitrogen and oxygen atoms in total. The van der Waals surface area contributed by atoms with Crippen LogP contribution in [-0.2, 0) is 0 Å². The molecule has 0 spiro atoms. The first kappa shape index (κ1) is 14.5. The number of hydrogen-bond donors (Lipinski definition) is 1. The second-order valence-electron chi connectivity index (χ2n) is 5.45. The van der Waals surface area contributed by atoms with Crippen molar-refractivity contribution in [1.82, 2.24) is 15.1 Å². The highest BCUT2D eigenvalue weighted by Crippen LogP contribution is 2.16. The van der Waals surface area contributed by atoms with Crippen LogP contribution in [-0.4, -0.2) is 34.1 Å². The maximum absolute atomic E-state index is 12.0. The summed E-state index contributed by atoms with van der Waals surface area (Å²) in [6.07, 6.45) is 8.13. The summed E-state index contributed by atoms with van der Waals surface area (Å²) in [5.41, 5.74) is 0.790. The zero-order valence-corrected chi connectivity index (χ0v) is 12.6. The third kappa shape index (κ3) is 3.41. The summed E-state index contributed by atoms with van der Waals surface area (Å²) in [4.78, 5) is 22.9. The van der Waals surface area contributed by atoms with Crippen molar-refractivity contribution in [2.75, 3.05) is 23.3 Å². The van der Waals surface area contributed by atoms with Gasteiger partial charge in [-0.25, -0.2) is 9.97 Å². The van der Waals surface area contributed by atoms with E-state index in [1.807, 2.05) is 0 Å². The van der Waals surface area contributed by atoms with Crippen molar-refractivity contribution >= 4 is 17.5 Å². The number of nitrogens with zero attached hydrogens (tertiary/aromatic N) is 4. The third-order valence-corrected chi connectivity index (χ3v) is 3.65. The molecule has 1 fully saturated rings. The number of anilines is 2. The van der Waals surface area contributed by atoms with Crippen LogP contribution in [0, 0.1) is 6.92 Å². The Hall–Kier alpha value is -2.44. The number of aromatic nitrogens is 3. The van der Waals surface area contributed by atoms with E-state index in [9.17, 15) is 4.79 Å². The number of carbonyl (C=O) groups is 1. The van der Waals surface area contributed by atoms with Gasteiger partial charge in [-0.3, -0.25) is 4.79 Å². The van der Waals surface area contributed by atoms with Crippen molar-refractivity contribution in [1.29, 1.82) is 0 Å². The van der Waals surface area contributed by atoms with E-state index in [1.165, 1.54) is 25.7 Å². The molecule has 22 heavy (non-hydrogen) atoms. The lowest BCUT2D eigenvalue weighted by Gasteiger charge is -2.19. The molecule has 7 heteroatoms. The Morgan fingerprint density at radius 3 is 2.45 bits per heavy atom. The Morgan fingerprint density at radius 1 is 1.18 bits per heavy atom. The lowest BCUT2D eigenvalue weighted by Crippen LogP contribution is -2.26. The maximum atomic E-state index is 12.0. The topological polar surface area (TPSA) is 84.2 Å². The van der Waals surface area contributed by atoms with Crippen molar-refractivity contribution in [2.45, 2.75) is 32.6 Å². The van der Waals surface area contributed by atoms with Crippen molar-refractivity contribution < 1.29 is 9.32 Å². The van der Waals surface area contributed by atoms with Gasteiger partial charge in [0.25, 0.3) is 5.91 Å². The molecule has 1 aliphatic rings. The van der Waals surface area contributed by atoms with Gasteiger partial charge in [0.2, 0.25) is 5.95 Å². The summed E-state index contributed by atoms with van der Waals surface area (Å²) >= 11 is 0. The molecule has 2 aromatic rings. The zero-order valence-electron chi connectivity index (χ0n) is 12.6. The second kappa shape index (κ2) is 6.55. The summed E-state index contributed by atoms with van der Waals surface area (Å²) in [6.45, 7) is 3.72. The molecule has 0 saturated carbocycles. The van der Waals surface area contributed by atoms with E-state index in [0.29, 0.717) is 11.4 Å². The van der Waals surface area contributed by atoms with Crippen LogP contribution in [0.1, 0.15) is 41.9 Å². The maximum Gasteiger partial charge on any atom is 0.277 e. The first-order valence-electron chi connectivity index (χ1n) is 7.54. The van der Waals surface area contributed by atoms with Crippen LogP contribution in [0.25, 0.3) is 0 Å². The van der Waals surface area contributed by atoms with Gasteiger partial charge in [-0.05, 0) is 19.8 Å². The molecule has 1 aliphatic heterocycles. The molecule has 0 unspecified atom stereocenters. The largest absolute Gasteiger partial charge is 0.361 e. The van der Waals surface area contributed by atoms with Gasteiger partial charge in [0.05, 0.1) is 18.1 Å². The van der Waals surface area contributed by atoms with E-state index in [-0.39, 0.29) is 11.6 Å². The lowest BCUT2D eigenvalue weighted by molar-refractivity contribution is 0.101. The molecule has 1 N–H and O–H groups in total. The summed E-state index contributed by atoms with van der Waals surface area (Å²) in [6, 6.07) is 1.59. The van der Waals surface area contributed by atoms with E-state index >= 15 is 0 Å². The zero-order chi connectivity index (χ0) is 15.4. The van der Waals surface area contributed by atoms with Crippen LogP contribution in [0.5, 0.6) is 0 Å². The van der Waals surface area contributed by atoms with Crippen LogP contribution < -0.4 is 10.2 Å². The van der Waals surface area contributed by atoms with Gasteiger partial charge in [0.1, 0.15) is 5.76 Å². The standard InChI is InChI=1S/C15H19N5O2/c1-11-8-13(19-22-11)14(21)18-12-9-16-15(17-10-12)20-6-4-2-3-5-7-20/h8-10H,2-7H2,1H3,(H,18,21). The predicted octanol–water partition coefficient (Wildman–Crippen LogP) is 2.41. The number of nitrogens with one attached hydrogen (secondary N) is 1. The molecule has 0 bridgehead atoms. The van der Waals surface area contributed by atoms with Gasteiger partial charge in [-0.2, -0.15) is 0 Å². The van der Waals surface area contributed by atoms with E-state index < -0.39 is 0 Å². The van der Waals surface area contributed by atoms with Gasteiger partial charge in [0.15, 0.2) is 5.69 Å². The Balaban J connectivity index is 1.64. The number of carbonyl (C=O) groups excluding carboxylic acids is 1. The molecule has 1 amide bonds. The minimum absolute atomic E-state index is 0.245. The van der Waals surface area contributed by atoms with E-state index in [2.05, 4.69) is 25.3 Å². The first-order chi connectivity index (χ1) is 10.7. The molecule has 0 aliphatic carbocycles. The highest BCUT2D eigenvalue weighted by Gasteiger charge is 2.14. The fraction of sp³-hybridized carbons (Fsp3) is 0.467. The van der Waals surface area contributed by atoms with E-state index in [4.69, 9.17) is 4.52 Å². The molecule has 0 atom stereocenters. The van der Waals surface area contributed by atoms with Crippen molar-refractivity contribution in [3.63, 3.8) is 0 Å². The van der Waals surface area contributed by atoms with Crippen molar-refractivity contribution in [2.24, 2.45) is 0 Å². The van der Waals surface area contributed by atoms with Crippen molar-refractivity contribution in [3.8, 4) is 0 Å². The normalized spacial score (nSPS) is 15.4. The van der Waals surface area contributed by atoms with Gasteiger partial charge in [-0.15, -0.1) is 0 Å². The quantitative estimate of drug-likeness (QED) is 0.937. The minimum atomic E-state index is -0.331. The Morgan fingerprint density at radius 2 is 1.86 bits per heavy atom. The summed E-state index contributed by atoms with van der Waals surface area (Å²) in [5, 5.41) is 6.39. The van der Waals surface area contributed by atoms with Crippen molar-refractivity contribution in [3.05, 3.63) is 29.9 Å². The molecular weight excluding hydrogens is 282 g/mol. The molecule has 116 valence electrons. The fourth-order valence-electron chi connectivity index (χ4n) is 2.49. The highest BCUT2D eigenvalue weighted by molar-refractivity contribution is 6.02. The van der Waals surface area contributed by atoms with Gasteiger partial charge < -0.3 is 14.7 Å². The van der Waals surface area contributed by atoms with Crippen LogP contribution in [0.4, 0.5) is 11.6 Å². The summed E-state index contributed by atoms with van der Waals surface area (Å²) in [5.74, 6) is 0.984. The van der Waals surface area contributed by atoms with Gasteiger partial charge in [-0.1, -0.05) is 18.0 Å². The Kier molecular flexibility index (Phi) is 4.32. The second-order valence-corrected chi connectivity index (χ2v) is 5.45. The molecule has 1 saturated heterocycles. The average molecular weight is 301 g/mol. The molecular formula is C15H19N5O2. The molecule has 0 aromatic carbocycles. The fourth-order valence-corrected chi connectivity index (χ4v) is 2.49. The van der Waals surface area contributed by atoms with Crippen LogP contribution >= 0.6 is 0 Å². The molecule has 0 radical (unpaired) electrons. The van der Waals surface area contributed by atoms with Crippen LogP contribution in [0.3, 0.4) is 0 Å².